The second-order valence-corrected chi connectivity index (χ2v) is 4.43. The summed E-state index contributed by atoms with van der Waals surface area (Å²) in [4.78, 5) is 14.6. The van der Waals surface area contributed by atoms with E-state index in [1.54, 1.807) is 23.9 Å². The molecule has 0 spiro atoms. The third-order valence-electron chi connectivity index (χ3n) is 2.96. The number of rotatable bonds is 7. The third-order valence-corrected chi connectivity index (χ3v) is 2.96. The van der Waals surface area contributed by atoms with Crippen molar-refractivity contribution in [2.45, 2.75) is 20.1 Å². The fourth-order valence-corrected chi connectivity index (χ4v) is 1.80. The Kier molecular flexibility index (Phi) is 4.83. The molecule has 0 unspecified atom stereocenters. The molecule has 0 fully saturated rings. The molecular formula is C13H17N5O3. The molecule has 0 aliphatic heterocycles. The highest BCUT2D eigenvalue weighted by molar-refractivity contribution is 5.48. The summed E-state index contributed by atoms with van der Waals surface area (Å²) in [5.41, 5.74) is 0.868. The fourth-order valence-electron chi connectivity index (χ4n) is 1.80. The molecule has 21 heavy (non-hydrogen) atoms. The summed E-state index contributed by atoms with van der Waals surface area (Å²) in [6, 6.07) is 4.85. The van der Waals surface area contributed by atoms with Gasteiger partial charge in [-0.05, 0) is 18.2 Å². The zero-order valence-corrected chi connectivity index (χ0v) is 11.9. The van der Waals surface area contributed by atoms with E-state index < -0.39 is 4.92 Å². The Labute approximate surface area is 121 Å². The van der Waals surface area contributed by atoms with Crippen LogP contribution in [0, 0.1) is 10.1 Å². The van der Waals surface area contributed by atoms with Gasteiger partial charge in [0.25, 0.3) is 0 Å². The van der Waals surface area contributed by atoms with E-state index in [1.807, 2.05) is 6.92 Å². The minimum absolute atomic E-state index is 0.0579. The monoisotopic (exact) mass is 291 g/mol. The standard InChI is InChI=1S/C13H17N5O3/c1-3-14-7-10-4-5-11(18(19)20)12(6-10)21-8-13-15-9-16-17(13)2/h4-6,9,14H,3,7-8H2,1-2H3. The minimum Gasteiger partial charge on any atom is -0.479 e. The quantitative estimate of drug-likeness (QED) is 0.612. The molecule has 0 radical (unpaired) electrons. The van der Waals surface area contributed by atoms with Gasteiger partial charge in [-0.1, -0.05) is 13.0 Å². The highest BCUT2D eigenvalue weighted by Crippen LogP contribution is 2.28. The SMILES string of the molecule is CCNCc1ccc([N+](=O)[O-])c(OCc2ncnn2C)c1. The first kappa shape index (κ1) is 14.9. The van der Waals surface area contributed by atoms with Gasteiger partial charge in [-0.25, -0.2) is 4.98 Å². The van der Waals surface area contributed by atoms with Crippen molar-refractivity contribution in [2.24, 2.45) is 7.05 Å². The number of benzene rings is 1. The molecule has 0 aliphatic carbocycles. The molecule has 112 valence electrons. The number of nitro groups is 1. The number of aromatic nitrogens is 3. The van der Waals surface area contributed by atoms with Crippen molar-refractivity contribution in [3.05, 3.63) is 46.0 Å². The zero-order valence-electron chi connectivity index (χ0n) is 11.9. The van der Waals surface area contributed by atoms with Gasteiger partial charge in [-0.2, -0.15) is 5.10 Å². The van der Waals surface area contributed by atoms with E-state index in [0.717, 1.165) is 12.1 Å². The number of ether oxygens (including phenoxy) is 1. The summed E-state index contributed by atoms with van der Waals surface area (Å²) >= 11 is 0. The lowest BCUT2D eigenvalue weighted by atomic mass is 10.2. The van der Waals surface area contributed by atoms with E-state index in [9.17, 15) is 10.1 Å². The maximum absolute atomic E-state index is 11.1. The molecule has 0 aliphatic rings. The van der Waals surface area contributed by atoms with Crippen molar-refractivity contribution < 1.29 is 9.66 Å². The predicted octanol–water partition coefficient (Wildman–Crippen LogP) is 1.41. The van der Waals surface area contributed by atoms with Crippen molar-refractivity contribution in [2.75, 3.05) is 6.54 Å². The Morgan fingerprint density at radius 3 is 2.90 bits per heavy atom. The van der Waals surface area contributed by atoms with E-state index in [4.69, 9.17) is 4.74 Å². The summed E-state index contributed by atoms with van der Waals surface area (Å²) in [7, 11) is 1.74. The smallest absolute Gasteiger partial charge is 0.310 e. The molecule has 0 saturated carbocycles. The van der Waals surface area contributed by atoms with Crippen molar-refractivity contribution in [3.63, 3.8) is 0 Å². The Morgan fingerprint density at radius 1 is 1.48 bits per heavy atom. The van der Waals surface area contributed by atoms with Crippen LogP contribution in [-0.4, -0.2) is 26.2 Å². The molecule has 0 atom stereocenters. The highest BCUT2D eigenvalue weighted by atomic mass is 16.6. The minimum atomic E-state index is -0.455. The molecule has 2 rings (SSSR count). The van der Waals surface area contributed by atoms with Gasteiger partial charge in [-0.3, -0.25) is 14.8 Å². The van der Waals surface area contributed by atoms with E-state index in [2.05, 4.69) is 15.4 Å². The molecule has 0 saturated heterocycles. The first-order chi connectivity index (χ1) is 10.1. The van der Waals surface area contributed by atoms with Gasteiger partial charge in [0, 0.05) is 19.7 Å². The van der Waals surface area contributed by atoms with Crippen molar-refractivity contribution >= 4 is 5.69 Å². The molecule has 0 bridgehead atoms. The van der Waals surface area contributed by atoms with Crippen LogP contribution >= 0.6 is 0 Å². The molecule has 2 aromatic rings. The summed E-state index contributed by atoms with van der Waals surface area (Å²) in [6.07, 6.45) is 1.41. The number of nitro benzene ring substituents is 1. The van der Waals surface area contributed by atoms with Crippen LogP contribution in [0.15, 0.2) is 24.5 Å². The van der Waals surface area contributed by atoms with Crippen LogP contribution in [-0.2, 0) is 20.2 Å². The maximum Gasteiger partial charge on any atom is 0.310 e. The molecule has 1 aromatic carbocycles. The lowest BCUT2D eigenvalue weighted by Crippen LogP contribution is -2.12. The molecule has 8 nitrogen and oxygen atoms in total. The van der Waals surface area contributed by atoms with Gasteiger partial charge in [0.2, 0.25) is 0 Å². The van der Waals surface area contributed by atoms with Crippen molar-refractivity contribution in [1.82, 2.24) is 20.1 Å². The number of aryl methyl sites for hydroxylation is 1. The Balaban J connectivity index is 2.17. The molecular weight excluding hydrogens is 274 g/mol. The Hall–Kier alpha value is -2.48. The molecule has 1 heterocycles. The first-order valence-electron chi connectivity index (χ1n) is 6.55. The topological polar surface area (TPSA) is 95.1 Å². The lowest BCUT2D eigenvalue weighted by Gasteiger charge is -2.09. The van der Waals surface area contributed by atoms with Crippen LogP contribution in [0.5, 0.6) is 5.75 Å². The summed E-state index contributed by atoms with van der Waals surface area (Å²) in [6.45, 7) is 3.58. The second-order valence-electron chi connectivity index (χ2n) is 4.43. The van der Waals surface area contributed by atoms with Gasteiger partial charge < -0.3 is 10.1 Å². The average molecular weight is 291 g/mol. The lowest BCUT2D eigenvalue weighted by molar-refractivity contribution is -0.386. The van der Waals surface area contributed by atoms with Crippen LogP contribution in [0.4, 0.5) is 5.69 Å². The van der Waals surface area contributed by atoms with Crippen LogP contribution in [0.25, 0.3) is 0 Å². The van der Waals surface area contributed by atoms with E-state index in [0.29, 0.717) is 12.4 Å². The predicted molar refractivity (Wildman–Crippen MR) is 75.8 cm³/mol. The van der Waals surface area contributed by atoms with Gasteiger partial charge in [-0.15, -0.1) is 0 Å². The average Bonchev–Trinajstić information content (AvgIpc) is 2.88. The first-order valence-corrected chi connectivity index (χ1v) is 6.55. The summed E-state index contributed by atoms with van der Waals surface area (Å²) in [5, 5.41) is 18.1. The molecule has 1 N–H and O–H groups in total. The van der Waals surface area contributed by atoms with Crippen LogP contribution in [0.3, 0.4) is 0 Å². The third kappa shape index (κ3) is 3.76. The van der Waals surface area contributed by atoms with Gasteiger partial charge in [0.15, 0.2) is 11.6 Å². The van der Waals surface area contributed by atoms with Crippen molar-refractivity contribution in [3.8, 4) is 5.75 Å². The molecule has 0 amide bonds. The Morgan fingerprint density at radius 2 is 2.29 bits per heavy atom. The summed E-state index contributed by atoms with van der Waals surface area (Å²) in [5.74, 6) is 0.833. The van der Waals surface area contributed by atoms with E-state index >= 15 is 0 Å². The van der Waals surface area contributed by atoms with Gasteiger partial charge in [0.1, 0.15) is 12.9 Å². The number of nitrogens with one attached hydrogen (secondary N) is 1. The highest BCUT2D eigenvalue weighted by Gasteiger charge is 2.16. The van der Waals surface area contributed by atoms with Gasteiger partial charge in [0.05, 0.1) is 4.92 Å². The maximum atomic E-state index is 11.1. The van der Waals surface area contributed by atoms with E-state index in [-0.39, 0.29) is 18.0 Å². The van der Waals surface area contributed by atoms with Crippen LogP contribution in [0.2, 0.25) is 0 Å². The molecule has 8 heteroatoms. The number of hydrogen-bond acceptors (Lipinski definition) is 6. The second kappa shape index (κ2) is 6.80. The Bertz CT molecular complexity index is 626. The fraction of sp³-hybridized carbons (Fsp3) is 0.385. The zero-order chi connectivity index (χ0) is 15.2. The van der Waals surface area contributed by atoms with Crippen LogP contribution < -0.4 is 10.1 Å². The normalized spacial score (nSPS) is 10.6. The van der Waals surface area contributed by atoms with E-state index in [1.165, 1.54) is 12.4 Å². The molecule has 1 aromatic heterocycles. The number of hydrogen-bond donors (Lipinski definition) is 1. The van der Waals surface area contributed by atoms with Crippen molar-refractivity contribution in [1.29, 1.82) is 0 Å². The summed E-state index contributed by atoms with van der Waals surface area (Å²) < 4.78 is 7.12. The van der Waals surface area contributed by atoms with Crippen LogP contribution in [0.1, 0.15) is 18.3 Å². The number of nitrogens with zero attached hydrogens (tertiary/aromatic N) is 4. The largest absolute Gasteiger partial charge is 0.479 e. The van der Waals surface area contributed by atoms with Gasteiger partial charge >= 0.3 is 5.69 Å².